The number of benzene rings is 9. The number of hydrogen-bond donors (Lipinski definition) is 0. The van der Waals surface area contributed by atoms with E-state index in [1.165, 1.54) is 5.56 Å². The molecule has 13 aromatic rings. The van der Waals surface area contributed by atoms with E-state index in [1.807, 2.05) is 66.7 Å². The second-order valence-corrected chi connectivity index (χ2v) is 16.9. The highest BCUT2D eigenvalue weighted by molar-refractivity contribution is 6.14. The van der Waals surface area contributed by atoms with Gasteiger partial charge in [-0.15, -0.1) is 0 Å². The van der Waals surface area contributed by atoms with Gasteiger partial charge in [0.15, 0.2) is 5.82 Å². The molecule has 4 heterocycles. The zero-order chi connectivity index (χ0) is 42.8. The minimum Gasteiger partial charge on any atom is -0.456 e. The zero-order valence-corrected chi connectivity index (χ0v) is 34.8. The van der Waals surface area contributed by atoms with E-state index in [-0.39, 0.29) is 0 Å². The Morgan fingerprint density at radius 1 is 0.292 bits per heavy atom. The molecule has 0 fully saturated rings. The summed E-state index contributed by atoms with van der Waals surface area (Å²) in [4.78, 5) is 10.7. The molecule has 0 bridgehead atoms. The van der Waals surface area contributed by atoms with Crippen molar-refractivity contribution < 1.29 is 13.3 Å². The predicted octanol–water partition coefficient (Wildman–Crippen LogP) is 16.6. The summed E-state index contributed by atoms with van der Waals surface area (Å²) in [5.41, 5.74) is 19.7. The molecule has 302 valence electrons. The van der Waals surface area contributed by atoms with Gasteiger partial charge in [-0.1, -0.05) is 134 Å². The lowest BCUT2D eigenvalue weighted by atomic mass is 9.94. The Hall–Kier alpha value is -8.80. The van der Waals surface area contributed by atoms with Crippen molar-refractivity contribution >= 4 is 71.4 Å². The van der Waals surface area contributed by atoms with Crippen molar-refractivity contribution in [3.8, 4) is 67.3 Å². The number of fused-ring (bicyclic) bond motifs is 12. The first kappa shape index (κ1) is 35.8. The molecular weight excluding hydrogens is 797 g/mol. The largest absolute Gasteiger partial charge is 0.456 e. The van der Waals surface area contributed by atoms with E-state index in [1.54, 1.807) is 0 Å². The van der Waals surface area contributed by atoms with E-state index in [9.17, 15) is 0 Å². The first-order chi connectivity index (χ1) is 32.1. The third kappa shape index (κ3) is 5.46. The van der Waals surface area contributed by atoms with Gasteiger partial charge < -0.3 is 13.3 Å². The summed E-state index contributed by atoms with van der Waals surface area (Å²) in [7, 11) is 0. The van der Waals surface area contributed by atoms with E-state index in [0.29, 0.717) is 5.82 Å². The van der Waals surface area contributed by atoms with Crippen molar-refractivity contribution in [3.05, 3.63) is 212 Å². The Morgan fingerprint density at radius 3 is 1.51 bits per heavy atom. The molecule has 0 radical (unpaired) electrons. The van der Waals surface area contributed by atoms with Gasteiger partial charge in [0.2, 0.25) is 0 Å². The Kier molecular flexibility index (Phi) is 7.48. The van der Waals surface area contributed by atoms with Gasteiger partial charge in [0.05, 0.1) is 11.4 Å². The zero-order valence-electron chi connectivity index (χ0n) is 34.8. The van der Waals surface area contributed by atoms with Crippen LogP contribution in [0.2, 0.25) is 0 Å². The van der Waals surface area contributed by atoms with Crippen LogP contribution in [0.3, 0.4) is 0 Å². The third-order valence-electron chi connectivity index (χ3n) is 13.2. The van der Waals surface area contributed by atoms with Crippen LogP contribution in [-0.2, 0) is 0 Å². The van der Waals surface area contributed by atoms with E-state index in [2.05, 4.69) is 134 Å². The van der Waals surface area contributed by atoms with Crippen molar-refractivity contribution in [1.29, 1.82) is 0 Å². The van der Waals surface area contributed by atoms with Crippen molar-refractivity contribution in [1.82, 2.24) is 9.97 Å². The maximum Gasteiger partial charge on any atom is 0.161 e. The molecule has 9 aromatic carbocycles. The molecule has 1 aliphatic rings. The Labute approximate surface area is 372 Å². The second kappa shape index (κ2) is 13.6. The summed E-state index contributed by atoms with van der Waals surface area (Å²) in [5.74, 6) is 0.619. The first-order valence-electron chi connectivity index (χ1n) is 21.8. The van der Waals surface area contributed by atoms with Crippen LogP contribution in [0.4, 0.5) is 0 Å². The third-order valence-corrected chi connectivity index (χ3v) is 13.2. The van der Waals surface area contributed by atoms with Gasteiger partial charge >= 0.3 is 0 Å². The van der Waals surface area contributed by atoms with Gasteiger partial charge in [-0.3, -0.25) is 0 Å². The monoisotopic (exact) mass is 830 g/mol. The lowest BCUT2D eigenvalue weighted by Gasteiger charge is -2.12. The van der Waals surface area contributed by atoms with Crippen LogP contribution in [0.5, 0.6) is 0 Å². The summed E-state index contributed by atoms with van der Waals surface area (Å²) in [6.07, 6.45) is 0. The summed E-state index contributed by atoms with van der Waals surface area (Å²) < 4.78 is 19.0. The number of aromatic nitrogens is 2. The quantitative estimate of drug-likeness (QED) is 0.173. The number of furan rings is 3. The minimum atomic E-state index is 0.619. The highest BCUT2D eigenvalue weighted by atomic mass is 16.3. The molecule has 14 rings (SSSR count). The number of hydrogen-bond acceptors (Lipinski definition) is 5. The minimum absolute atomic E-state index is 0.619. The highest BCUT2D eigenvalue weighted by Crippen LogP contribution is 2.48. The fraction of sp³-hybridized carbons (Fsp3) is 0. The molecule has 0 amide bonds. The number of para-hydroxylation sites is 3. The van der Waals surface area contributed by atoms with E-state index >= 15 is 0 Å². The Balaban J connectivity index is 0.895. The lowest BCUT2D eigenvalue weighted by Crippen LogP contribution is -1.97. The smallest absolute Gasteiger partial charge is 0.161 e. The topological polar surface area (TPSA) is 65.2 Å². The molecule has 5 nitrogen and oxygen atoms in total. The molecule has 0 unspecified atom stereocenters. The van der Waals surface area contributed by atoms with E-state index in [4.69, 9.17) is 23.2 Å². The summed E-state index contributed by atoms with van der Waals surface area (Å²) in [6.45, 7) is 4.54. The summed E-state index contributed by atoms with van der Waals surface area (Å²) in [5, 5.41) is 6.33. The standard InChI is InChI=1S/C60H34N2O3/c1-34-40-27-26-38(30-47(40)48-32-57-49(31-46(34)48)41-16-2-5-21-52(41)65-57)36-13-8-12-35(28-36)37-14-9-15-39(29-37)50-33-51(42-19-10-24-55-58(42)43-17-3-6-22-53(43)63-55)62-60(61-50)45-20-11-25-56-59(45)44-18-4-7-23-54(44)64-56/h2-33H,1H2. The predicted molar refractivity (Wildman–Crippen MR) is 265 cm³/mol. The Morgan fingerprint density at radius 2 is 0.800 bits per heavy atom. The van der Waals surface area contributed by atoms with Crippen molar-refractivity contribution in [2.45, 2.75) is 0 Å². The van der Waals surface area contributed by atoms with Gasteiger partial charge in [0, 0.05) is 49.0 Å². The molecule has 0 saturated carbocycles. The maximum atomic E-state index is 6.35. The molecule has 0 N–H and O–H groups in total. The van der Waals surface area contributed by atoms with Crippen molar-refractivity contribution in [2.24, 2.45) is 0 Å². The average Bonchev–Trinajstić information content (AvgIpc) is 4.12. The highest BCUT2D eigenvalue weighted by Gasteiger charge is 2.25. The SMILES string of the molecule is C=C1c2ccc(-c3cccc(-c4cccc(-c5cc(-c6cccc7oc8ccccc8c67)nc(-c6cccc7oc8ccccc8c67)n5)c4)c3)cc2-c2cc3oc4ccccc4c3cc21. The second-order valence-electron chi connectivity index (χ2n) is 16.9. The van der Waals surface area contributed by atoms with Gasteiger partial charge in [0.1, 0.15) is 33.5 Å². The summed E-state index contributed by atoms with van der Waals surface area (Å²) >= 11 is 0. The normalized spacial score (nSPS) is 12.3. The Bertz CT molecular complexity index is 4030. The van der Waals surface area contributed by atoms with Crippen LogP contribution in [0.15, 0.2) is 214 Å². The molecule has 0 spiro atoms. The van der Waals surface area contributed by atoms with E-state index < -0.39 is 0 Å². The van der Waals surface area contributed by atoms with Crippen LogP contribution in [-0.4, -0.2) is 9.97 Å². The van der Waals surface area contributed by atoms with Crippen LogP contribution in [0.25, 0.3) is 139 Å². The van der Waals surface area contributed by atoms with Gasteiger partial charge in [-0.05, 0) is 117 Å². The van der Waals surface area contributed by atoms with Crippen LogP contribution < -0.4 is 0 Å². The fourth-order valence-electron chi connectivity index (χ4n) is 10.1. The van der Waals surface area contributed by atoms with Crippen LogP contribution in [0, 0.1) is 0 Å². The van der Waals surface area contributed by atoms with Gasteiger partial charge in [0.25, 0.3) is 0 Å². The van der Waals surface area contributed by atoms with Crippen LogP contribution >= 0.6 is 0 Å². The molecule has 0 atom stereocenters. The molecule has 5 heteroatoms. The first-order valence-corrected chi connectivity index (χ1v) is 21.8. The van der Waals surface area contributed by atoms with Crippen LogP contribution in [0.1, 0.15) is 11.1 Å². The molecule has 0 aliphatic heterocycles. The molecule has 65 heavy (non-hydrogen) atoms. The van der Waals surface area contributed by atoms with Gasteiger partial charge in [-0.2, -0.15) is 0 Å². The number of rotatable bonds is 5. The average molecular weight is 831 g/mol. The fourth-order valence-corrected chi connectivity index (χ4v) is 10.1. The summed E-state index contributed by atoms with van der Waals surface area (Å²) in [6, 6.07) is 67.6. The van der Waals surface area contributed by atoms with Gasteiger partial charge in [-0.25, -0.2) is 9.97 Å². The maximum absolute atomic E-state index is 6.35. The lowest BCUT2D eigenvalue weighted by molar-refractivity contribution is 0.668. The molecular formula is C60H34N2O3. The van der Waals surface area contributed by atoms with Crippen molar-refractivity contribution in [2.75, 3.05) is 0 Å². The number of nitrogens with zero attached hydrogens (tertiary/aromatic N) is 2. The molecule has 0 saturated heterocycles. The van der Waals surface area contributed by atoms with E-state index in [0.717, 1.165) is 138 Å². The molecule has 1 aliphatic carbocycles. The van der Waals surface area contributed by atoms with Crippen molar-refractivity contribution in [3.63, 3.8) is 0 Å². The molecule has 4 aromatic heterocycles.